The molecular formula is C15H15ClFNO2. The average molecular weight is 296 g/mol. The minimum Gasteiger partial charge on any atom is -0.484 e. The molecule has 0 saturated carbocycles. The molecule has 0 spiro atoms. The number of rotatable bonds is 6. The maximum Gasteiger partial charge on any atom is 0.174 e. The molecule has 5 heteroatoms. The van der Waals surface area contributed by atoms with E-state index in [9.17, 15) is 4.39 Å². The van der Waals surface area contributed by atoms with E-state index >= 15 is 0 Å². The molecule has 0 radical (unpaired) electrons. The number of nitrogens with two attached hydrogens (primary N) is 1. The van der Waals surface area contributed by atoms with E-state index in [1.807, 2.05) is 30.3 Å². The summed E-state index contributed by atoms with van der Waals surface area (Å²) < 4.78 is 19.4. The molecule has 0 aliphatic rings. The third-order valence-electron chi connectivity index (χ3n) is 2.79. The van der Waals surface area contributed by atoms with Crippen LogP contribution in [-0.2, 0) is 17.9 Å². The molecule has 0 unspecified atom stereocenters. The summed E-state index contributed by atoms with van der Waals surface area (Å²) in [5, 5.41) is 0.243. The lowest BCUT2D eigenvalue weighted by atomic mass is 10.1. The third-order valence-corrected chi connectivity index (χ3v) is 3.07. The Kier molecular flexibility index (Phi) is 5.35. The van der Waals surface area contributed by atoms with Crippen LogP contribution in [-0.4, -0.2) is 6.61 Å². The van der Waals surface area contributed by atoms with E-state index in [1.54, 1.807) is 6.07 Å². The summed E-state index contributed by atoms with van der Waals surface area (Å²) >= 11 is 6.04. The predicted octanol–water partition coefficient (Wildman–Crippen LogP) is 3.49. The number of benzene rings is 2. The molecule has 2 aromatic rings. The van der Waals surface area contributed by atoms with Crippen molar-refractivity contribution in [3.63, 3.8) is 0 Å². The molecule has 3 nitrogen and oxygen atoms in total. The molecule has 0 amide bonds. The number of ether oxygens (including phenoxy) is 1. The van der Waals surface area contributed by atoms with Crippen LogP contribution in [0.25, 0.3) is 0 Å². The molecule has 2 rings (SSSR count). The highest BCUT2D eigenvalue weighted by Crippen LogP contribution is 2.30. The first kappa shape index (κ1) is 14.8. The average Bonchev–Trinajstić information content (AvgIpc) is 2.45. The Morgan fingerprint density at radius 1 is 1.10 bits per heavy atom. The molecule has 2 N–H and O–H groups in total. The molecule has 2 aromatic carbocycles. The SMILES string of the molecule is NOCCc1cc(F)c(OCc2ccccc2)c(Cl)c1. The van der Waals surface area contributed by atoms with Crippen molar-refractivity contribution in [3.8, 4) is 5.75 Å². The fraction of sp³-hybridized carbons (Fsp3) is 0.200. The van der Waals surface area contributed by atoms with Crippen molar-refractivity contribution in [2.24, 2.45) is 5.90 Å². The zero-order valence-electron chi connectivity index (χ0n) is 10.8. The molecule has 0 aromatic heterocycles. The van der Waals surface area contributed by atoms with Crippen molar-refractivity contribution in [2.45, 2.75) is 13.0 Å². The summed E-state index contributed by atoms with van der Waals surface area (Å²) in [6.07, 6.45) is 0.492. The fourth-order valence-corrected chi connectivity index (χ4v) is 2.09. The molecule has 0 aliphatic heterocycles. The maximum atomic E-state index is 14.0. The van der Waals surface area contributed by atoms with Crippen LogP contribution in [0, 0.1) is 5.82 Å². The van der Waals surface area contributed by atoms with Gasteiger partial charge in [0, 0.05) is 0 Å². The van der Waals surface area contributed by atoms with Gasteiger partial charge in [0.15, 0.2) is 11.6 Å². The summed E-state index contributed by atoms with van der Waals surface area (Å²) in [5.41, 5.74) is 1.66. The normalized spacial score (nSPS) is 10.6. The molecule has 0 saturated heterocycles. The third kappa shape index (κ3) is 3.93. The van der Waals surface area contributed by atoms with E-state index in [2.05, 4.69) is 4.84 Å². The van der Waals surface area contributed by atoms with E-state index in [0.717, 1.165) is 5.56 Å². The van der Waals surface area contributed by atoms with E-state index in [-0.39, 0.29) is 17.4 Å². The second kappa shape index (κ2) is 7.24. The Bertz CT molecular complexity index is 540. The van der Waals surface area contributed by atoms with Gasteiger partial charge in [-0.05, 0) is 29.7 Å². The highest BCUT2D eigenvalue weighted by Gasteiger charge is 2.11. The van der Waals surface area contributed by atoms with Crippen molar-refractivity contribution >= 4 is 11.6 Å². The Morgan fingerprint density at radius 3 is 2.50 bits per heavy atom. The summed E-state index contributed by atoms with van der Waals surface area (Å²) in [6, 6.07) is 12.5. The Morgan fingerprint density at radius 2 is 1.85 bits per heavy atom. The number of hydrogen-bond donors (Lipinski definition) is 1. The largest absolute Gasteiger partial charge is 0.484 e. The van der Waals surface area contributed by atoms with Crippen LogP contribution < -0.4 is 10.6 Å². The summed E-state index contributed by atoms with van der Waals surface area (Å²) in [7, 11) is 0. The van der Waals surface area contributed by atoms with Gasteiger partial charge in [0.25, 0.3) is 0 Å². The maximum absolute atomic E-state index is 14.0. The molecule has 106 valence electrons. The van der Waals surface area contributed by atoms with Crippen LogP contribution in [0.5, 0.6) is 5.75 Å². The van der Waals surface area contributed by atoms with Crippen LogP contribution in [0.2, 0.25) is 5.02 Å². The molecule has 20 heavy (non-hydrogen) atoms. The molecule has 0 heterocycles. The second-order valence-electron chi connectivity index (χ2n) is 4.28. The van der Waals surface area contributed by atoms with Crippen LogP contribution in [0.1, 0.15) is 11.1 Å². The summed E-state index contributed by atoms with van der Waals surface area (Å²) in [5.74, 6) is 4.52. The highest BCUT2D eigenvalue weighted by atomic mass is 35.5. The Labute approximate surface area is 122 Å². The summed E-state index contributed by atoms with van der Waals surface area (Å²) in [4.78, 5) is 4.46. The van der Waals surface area contributed by atoms with Gasteiger partial charge < -0.3 is 9.57 Å². The lowest BCUT2D eigenvalue weighted by Gasteiger charge is -2.11. The number of halogens is 2. The molecule has 0 aliphatic carbocycles. The zero-order valence-corrected chi connectivity index (χ0v) is 11.6. The first-order chi connectivity index (χ1) is 9.70. The van der Waals surface area contributed by atoms with Gasteiger partial charge in [0.1, 0.15) is 6.61 Å². The van der Waals surface area contributed by atoms with Crippen LogP contribution in [0.3, 0.4) is 0 Å². The van der Waals surface area contributed by atoms with Gasteiger partial charge in [-0.2, -0.15) is 0 Å². The van der Waals surface area contributed by atoms with Crippen molar-refractivity contribution in [2.75, 3.05) is 6.61 Å². The lowest BCUT2D eigenvalue weighted by Crippen LogP contribution is -2.04. The highest BCUT2D eigenvalue weighted by molar-refractivity contribution is 6.32. The molecular weight excluding hydrogens is 281 g/mol. The van der Waals surface area contributed by atoms with Gasteiger partial charge in [-0.3, -0.25) is 0 Å². The molecule has 0 bridgehead atoms. The molecule has 0 atom stereocenters. The Hall–Kier alpha value is -1.62. The zero-order chi connectivity index (χ0) is 14.4. The minimum atomic E-state index is -0.486. The Balaban J connectivity index is 2.08. The van der Waals surface area contributed by atoms with E-state index in [0.29, 0.717) is 18.6 Å². The smallest absolute Gasteiger partial charge is 0.174 e. The van der Waals surface area contributed by atoms with Crippen molar-refractivity contribution in [3.05, 3.63) is 64.4 Å². The van der Waals surface area contributed by atoms with E-state index in [1.165, 1.54) is 6.07 Å². The van der Waals surface area contributed by atoms with Gasteiger partial charge in [0.05, 0.1) is 11.6 Å². The quantitative estimate of drug-likeness (QED) is 0.830. The number of hydrogen-bond acceptors (Lipinski definition) is 3. The lowest BCUT2D eigenvalue weighted by molar-refractivity contribution is 0.141. The standard InChI is InChI=1S/C15H15ClFNO2/c16-13-8-12(6-7-20-18)9-14(17)15(13)19-10-11-4-2-1-3-5-11/h1-5,8-9H,6-7,10,18H2. The van der Waals surface area contributed by atoms with Crippen molar-refractivity contribution in [1.29, 1.82) is 0 Å². The van der Waals surface area contributed by atoms with E-state index < -0.39 is 5.82 Å². The van der Waals surface area contributed by atoms with Gasteiger partial charge in [0.2, 0.25) is 0 Å². The minimum absolute atomic E-state index is 0.0629. The van der Waals surface area contributed by atoms with Gasteiger partial charge in [-0.1, -0.05) is 41.9 Å². The van der Waals surface area contributed by atoms with Gasteiger partial charge >= 0.3 is 0 Å². The van der Waals surface area contributed by atoms with Crippen LogP contribution in [0.15, 0.2) is 42.5 Å². The topological polar surface area (TPSA) is 44.5 Å². The molecule has 0 fully saturated rings. The van der Waals surface area contributed by atoms with Gasteiger partial charge in [-0.15, -0.1) is 0 Å². The van der Waals surface area contributed by atoms with Crippen molar-refractivity contribution in [1.82, 2.24) is 0 Å². The fourth-order valence-electron chi connectivity index (χ4n) is 1.80. The van der Waals surface area contributed by atoms with Crippen LogP contribution in [0.4, 0.5) is 4.39 Å². The van der Waals surface area contributed by atoms with Gasteiger partial charge in [-0.25, -0.2) is 10.3 Å². The monoisotopic (exact) mass is 295 g/mol. The first-order valence-electron chi connectivity index (χ1n) is 6.17. The second-order valence-corrected chi connectivity index (χ2v) is 4.69. The predicted molar refractivity (Wildman–Crippen MR) is 76.0 cm³/mol. The summed E-state index contributed by atoms with van der Waals surface area (Å²) in [6.45, 7) is 0.572. The first-order valence-corrected chi connectivity index (χ1v) is 6.55. The van der Waals surface area contributed by atoms with Crippen LogP contribution >= 0.6 is 11.6 Å². The van der Waals surface area contributed by atoms with E-state index in [4.69, 9.17) is 22.2 Å². The van der Waals surface area contributed by atoms with Crippen molar-refractivity contribution < 1.29 is 14.0 Å².